The number of nitrogens with zero attached hydrogens (tertiary/aromatic N) is 3. The van der Waals surface area contributed by atoms with Gasteiger partial charge in [0.2, 0.25) is 0 Å². The van der Waals surface area contributed by atoms with E-state index in [9.17, 15) is 4.79 Å². The molecule has 6 heteroatoms. The summed E-state index contributed by atoms with van der Waals surface area (Å²) in [5.74, 6) is 1.67. The van der Waals surface area contributed by atoms with Gasteiger partial charge in [-0.15, -0.1) is 10.2 Å². The summed E-state index contributed by atoms with van der Waals surface area (Å²) in [6.07, 6.45) is 2.20. The van der Waals surface area contributed by atoms with E-state index in [1.165, 1.54) is 5.56 Å². The maximum atomic E-state index is 12.1. The molecule has 1 amide bonds. The van der Waals surface area contributed by atoms with Crippen LogP contribution in [0.1, 0.15) is 40.2 Å². The Kier molecular flexibility index (Phi) is 4.99. The van der Waals surface area contributed by atoms with Crippen LogP contribution >= 0.6 is 11.8 Å². The molecule has 0 saturated heterocycles. The Hall–Kier alpha value is -2.60. The minimum Gasteiger partial charge on any atom is -0.349 e. The Bertz CT molecular complexity index is 961. The van der Waals surface area contributed by atoms with Gasteiger partial charge in [-0.05, 0) is 56.0 Å². The van der Waals surface area contributed by atoms with Gasteiger partial charge in [0.05, 0.1) is 5.69 Å². The molecule has 0 aliphatic heterocycles. The van der Waals surface area contributed by atoms with Gasteiger partial charge in [-0.1, -0.05) is 42.1 Å². The molecule has 1 aliphatic carbocycles. The van der Waals surface area contributed by atoms with Crippen LogP contribution in [0.15, 0.2) is 53.7 Å². The summed E-state index contributed by atoms with van der Waals surface area (Å²) in [7, 11) is 0. The molecular weight excluding hydrogens is 356 g/mol. The normalized spacial score (nSPS) is 13.6. The second kappa shape index (κ2) is 7.56. The highest BCUT2D eigenvalue weighted by atomic mass is 32.2. The maximum absolute atomic E-state index is 12.1. The van der Waals surface area contributed by atoms with Gasteiger partial charge in [-0.2, -0.15) is 0 Å². The van der Waals surface area contributed by atoms with Crippen LogP contribution in [0, 0.1) is 13.8 Å². The fourth-order valence-electron chi connectivity index (χ4n) is 2.92. The van der Waals surface area contributed by atoms with Crippen molar-refractivity contribution in [1.82, 2.24) is 20.1 Å². The van der Waals surface area contributed by atoms with Crippen LogP contribution in [0.3, 0.4) is 0 Å². The molecule has 0 atom stereocenters. The van der Waals surface area contributed by atoms with Crippen molar-refractivity contribution in [2.75, 3.05) is 0 Å². The molecule has 5 nitrogen and oxygen atoms in total. The average Bonchev–Trinajstić information content (AvgIpc) is 3.42. The molecule has 3 aromatic rings. The highest BCUT2D eigenvalue weighted by Gasteiger charge is 2.23. The Morgan fingerprint density at radius 2 is 1.85 bits per heavy atom. The standard InChI is InChI=1S/C21H22N4OS/c1-14-5-3-4-6-19(14)25-15(2)23-24-21(25)27-13-16-7-9-17(10-8-16)20(26)22-18-11-12-18/h3-10,18H,11-13H2,1-2H3,(H,22,26). The SMILES string of the molecule is Cc1ccccc1-n1c(C)nnc1SCc1ccc(C(=O)NC2CC2)cc1. The summed E-state index contributed by atoms with van der Waals surface area (Å²) in [5, 5.41) is 12.5. The first kappa shape index (κ1) is 17.8. The molecule has 27 heavy (non-hydrogen) atoms. The molecule has 138 valence electrons. The van der Waals surface area contributed by atoms with Gasteiger partial charge >= 0.3 is 0 Å². The minimum absolute atomic E-state index is 0.0200. The first-order valence-corrected chi connectivity index (χ1v) is 10.1. The van der Waals surface area contributed by atoms with E-state index in [1.54, 1.807) is 11.8 Å². The summed E-state index contributed by atoms with van der Waals surface area (Å²) >= 11 is 1.65. The molecule has 2 aromatic carbocycles. The van der Waals surface area contributed by atoms with E-state index >= 15 is 0 Å². The van der Waals surface area contributed by atoms with Crippen molar-refractivity contribution in [3.63, 3.8) is 0 Å². The molecule has 1 N–H and O–H groups in total. The number of hydrogen-bond donors (Lipinski definition) is 1. The second-order valence-electron chi connectivity index (χ2n) is 6.89. The highest BCUT2D eigenvalue weighted by molar-refractivity contribution is 7.98. The fourth-order valence-corrected chi connectivity index (χ4v) is 3.87. The number of amides is 1. The number of aromatic nitrogens is 3. The van der Waals surface area contributed by atoms with E-state index in [1.807, 2.05) is 43.3 Å². The molecule has 1 aliphatic rings. The lowest BCUT2D eigenvalue weighted by Gasteiger charge is -2.11. The summed E-state index contributed by atoms with van der Waals surface area (Å²) in [6.45, 7) is 4.06. The summed E-state index contributed by atoms with van der Waals surface area (Å²) < 4.78 is 2.09. The van der Waals surface area contributed by atoms with Gasteiger partial charge in [-0.3, -0.25) is 9.36 Å². The Balaban J connectivity index is 1.46. The van der Waals surface area contributed by atoms with Crippen LogP contribution in [-0.2, 0) is 5.75 Å². The van der Waals surface area contributed by atoms with Crippen LogP contribution in [0.5, 0.6) is 0 Å². The van der Waals surface area contributed by atoms with Gasteiger partial charge in [0.15, 0.2) is 5.16 Å². The number of carbonyl (C=O) groups is 1. The zero-order chi connectivity index (χ0) is 18.8. The van der Waals surface area contributed by atoms with Crippen molar-refractivity contribution in [1.29, 1.82) is 0 Å². The fraction of sp³-hybridized carbons (Fsp3) is 0.286. The lowest BCUT2D eigenvalue weighted by molar-refractivity contribution is 0.0951. The molecule has 4 rings (SSSR count). The van der Waals surface area contributed by atoms with Gasteiger partial charge in [0, 0.05) is 17.4 Å². The summed E-state index contributed by atoms with van der Waals surface area (Å²) in [5.41, 5.74) is 4.16. The van der Waals surface area contributed by atoms with Crippen LogP contribution in [-0.4, -0.2) is 26.7 Å². The number of para-hydroxylation sites is 1. The van der Waals surface area contributed by atoms with E-state index in [4.69, 9.17) is 0 Å². The third-order valence-corrected chi connectivity index (χ3v) is 5.65. The third-order valence-electron chi connectivity index (χ3n) is 4.65. The average molecular weight is 379 g/mol. The van der Waals surface area contributed by atoms with Gasteiger partial charge in [0.1, 0.15) is 5.82 Å². The smallest absolute Gasteiger partial charge is 0.251 e. The van der Waals surface area contributed by atoms with Crippen molar-refractivity contribution >= 4 is 17.7 Å². The van der Waals surface area contributed by atoms with Crippen molar-refractivity contribution in [2.24, 2.45) is 0 Å². The van der Waals surface area contributed by atoms with Crippen LogP contribution in [0.2, 0.25) is 0 Å². The molecule has 0 radical (unpaired) electrons. The predicted octanol–water partition coefficient (Wildman–Crippen LogP) is 4.07. The first-order valence-electron chi connectivity index (χ1n) is 9.12. The molecular formula is C21H22N4OS. The topological polar surface area (TPSA) is 59.8 Å². The van der Waals surface area contributed by atoms with Crippen molar-refractivity contribution in [2.45, 2.75) is 43.6 Å². The summed E-state index contributed by atoms with van der Waals surface area (Å²) in [6, 6.07) is 16.4. The number of aryl methyl sites for hydroxylation is 2. The zero-order valence-corrected chi connectivity index (χ0v) is 16.3. The molecule has 0 unspecified atom stereocenters. The van der Waals surface area contributed by atoms with Crippen LogP contribution in [0.25, 0.3) is 5.69 Å². The Morgan fingerprint density at radius 1 is 1.11 bits per heavy atom. The first-order chi connectivity index (χ1) is 13.1. The van der Waals surface area contributed by atoms with Gasteiger partial charge in [-0.25, -0.2) is 0 Å². The van der Waals surface area contributed by atoms with E-state index in [0.29, 0.717) is 6.04 Å². The monoisotopic (exact) mass is 378 g/mol. The van der Waals surface area contributed by atoms with E-state index < -0.39 is 0 Å². The maximum Gasteiger partial charge on any atom is 0.251 e. The third kappa shape index (κ3) is 4.06. The number of hydrogen-bond acceptors (Lipinski definition) is 4. The number of carbonyl (C=O) groups excluding carboxylic acids is 1. The lowest BCUT2D eigenvalue weighted by atomic mass is 10.1. The second-order valence-corrected chi connectivity index (χ2v) is 7.83. The van der Waals surface area contributed by atoms with Crippen LogP contribution in [0.4, 0.5) is 0 Å². The quantitative estimate of drug-likeness (QED) is 0.657. The largest absolute Gasteiger partial charge is 0.349 e. The molecule has 1 aromatic heterocycles. The van der Waals surface area contributed by atoms with E-state index in [2.05, 4.69) is 39.1 Å². The van der Waals surface area contributed by atoms with Crippen molar-refractivity contribution in [3.05, 3.63) is 71.0 Å². The molecule has 1 fully saturated rings. The van der Waals surface area contributed by atoms with E-state index in [0.717, 1.165) is 46.4 Å². The molecule has 0 spiro atoms. The number of nitrogens with one attached hydrogen (secondary N) is 1. The number of benzene rings is 2. The lowest BCUT2D eigenvalue weighted by Crippen LogP contribution is -2.25. The van der Waals surface area contributed by atoms with Gasteiger partial charge in [0.25, 0.3) is 5.91 Å². The van der Waals surface area contributed by atoms with Crippen molar-refractivity contribution < 1.29 is 4.79 Å². The zero-order valence-electron chi connectivity index (χ0n) is 15.5. The predicted molar refractivity (Wildman–Crippen MR) is 107 cm³/mol. The minimum atomic E-state index is 0.0200. The van der Waals surface area contributed by atoms with E-state index in [-0.39, 0.29) is 5.91 Å². The molecule has 0 bridgehead atoms. The summed E-state index contributed by atoms with van der Waals surface area (Å²) in [4.78, 5) is 12.1. The molecule has 1 heterocycles. The van der Waals surface area contributed by atoms with Crippen LogP contribution < -0.4 is 5.32 Å². The van der Waals surface area contributed by atoms with Crippen molar-refractivity contribution in [3.8, 4) is 5.69 Å². The molecule has 1 saturated carbocycles. The number of rotatable bonds is 6. The Morgan fingerprint density at radius 3 is 2.56 bits per heavy atom. The number of thioether (sulfide) groups is 1. The Labute approximate surface area is 163 Å². The highest BCUT2D eigenvalue weighted by Crippen LogP contribution is 2.26. The van der Waals surface area contributed by atoms with Gasteiger partial charge < -0.3 is 5.32 Å².